The largest absolute Gasteiger partial charge is 0.263 e. The summed E-state index contributed by atoms with van der Waals surface area (Å²) in [7, 11) is 0. The number of pyridine rings is 1. The highest BCUT2D eigenvalue weighted by Gasteiger charge is 2.02. The molecular formula is C14H8N4. The summed E-state index contributed by atoms with van der Waals surface area (Å²) in [4.78, 5) is 12.2. The van der Waals surface area contributed by atoms with E-state index in [2.05, 4.69) is 21.0 Å². The second-order valence-corrected chi connectivity index (χ2v) is 3.87. The average Bonchev–Trinajstić information content (AvgIpc) is 2.47. The molecule has 4 heteroatoms. The van der Waals surface area contributed by atoms with Crippen LogP contribution in [0.2, 0.25) is 0 Å². The van der Waals surface area contributed by atoms with Crippen LogP contribution in [-0.4, -0.2) is 15.0 Å². The van der Waals surface area contributed by atoms with Gasteiger partial charge in [-0.15, -0.1) is 0 Å². The van der Waals surface area contributed by atoms with Crippen molar-refractivity contribution < 1.29 is 0 Å². The lowest BCUT2D eigenvalue weighted by Gasteiger charge is -2.03. The molecule has 0 amide bonds. The first-order valence-electron chi connectivity index (χ1n) is 5.42. The summed E-state index contributed by atoms with van der Waals surface area (Å²) >= 11 is 0. The van der Waals surface area contributed by atoms with Gasteiger partial charge in [-0.3, -0.25) is 4.98 Å². The van der Waals surface area contributed by atoms with Crippen molar-refractivity contribution in [2.75, 3.05) is 0 Å². The molecule has 3 rings (SSSR count). The summed E-state index contributed by atoms with van der Waals surface area (Å²) in [5, 5.41) is 9.84. The van der Waals surface area contributed by atoms with Crippen LogP contribution >= 0.6 is 0 Å². The molecule has 0 bridgehead atoms. The van der Waals surface area contributed by atoms with Crippen molar-refractivity contribution in [1.82, 2.24) is 15.0 Å². The zero-order valence-electron chi connectivity index (χ0n) is 9.41. The SMILES string of the molecule is N#Cc1cncc(-c2ccc3ncncc3c2)c1. The molecular weight excluding hydrogens is 224 g/mol. The Balaban J connectivity index is 2.16. The summed E-state index contributed by atoms with van der Waals surface area (Å²) in [5.41, 5.74) is 3.37. The fraction of sp³-hybridized carbons (Fsp3) is 0. The fourth-order valence-corrected chi connectivity index (χ4v) is 1.82. The predicted molar refractivity (Wildman–Crippen MR) is 67.5 cm³/mol. The first kappa shape index (κ1) is 10.4. The minimum absolute atomic E-state index is 0.553. The lowest BCUT2D eigenvalue weighted by Crippen LogP contribution is -1.85. The van der Waals surface area contributed by atoms with Crippen molar-refractivity contribution >= 4 is 10.9 Å². The molecule has 0 saturated carbocycles. The van der Waals surface area contributed by atoms with E-state index in [0.717, 1.165) is 22.0 Å². The number of fused-ring (bicyclic) bond motifs is 1. The van der Waals surface area contributed by atoms with Crippen LogP contribution in [0.15, 0.2) is 49.2 Å². The topological polar surface area (TPSA) is 62.5 Å². The first-order valence-corrected chi connectivity index (χ1v) is 5.42. The molecule has 0 atom stereocenters. The standard InChI is InChI=1S/C14H8N4/c15-5-10-3-12(7-16-6-10)11-1-2-14-13(4-11)8-17-9-18-14/h1-4,6-9H. The third-order valence-electron chi connectivity index (χ3n) is 2.71. The Morgan fingerprint density at radius 1 is 0.944 bits per heavy atom. The zero-order valence-corrected chi connectivity index (χ0v) is 9.41. The Morgan fingerprint density at radius 2 is 1.89 bits per heavy atom. The van der Waals surface area contributed by atoms with E-state index >= 15 is 0 Å². The Morgan fingerprint density at radius 3 is 2.78 bits per heavy atom. The minimum Gasteiger partial charge on any atom is -0.263 e. The zero-order chi connectivity index (χ0) is 12.4. The molecule has 0 radical (unpaired) electrons. The molecule has 3 aromatic rings. The summed E-state index contributed by atoms with van der Waals surface area (Å²) in [6, 6.07) is 9.80. The number of hydrogen-bond donors (Lipinski definition) is 0. The van der Waals surface area contributed by atoms with Crippen molar-refractivity contribution in [2.24, 2.45) is 0 Å². The van der Waals surface area contributed by atoms with Crippen LogP contribution in [0.25, 0.3) is 22.0 Å². The number of nitriles is 1. The lowest BCUT2D eigenvalue weighted by molar-refractivity contribution is 1.22. The van der Waals surface area contributed by atoms with Gasteiger partial charge in [0.1, 0.15) is 12.4 Å². The molecule has 0 aliphatic heterocycles. The maximum Gasteiger partial charge on any atom is 0.116 e. The monoisotopic (exact) mass is 232 g/mol. The normalized spacial score (nSPS) is 10.2. The third-order valence-corrected chi connectivity index (χ3v) is 2.71. The summed E-state index contributed by atoms with van der Waals surface area (Å²) in [6.07, 6.45) is 6.59. The van der Waals surface area contributed by atoms with Gasteiger partial charge in [0.2, 0.25) is 0 Å². The van der Waals surface area contributed by atoms with Crippen LogP contribution in [-0.2, 0) is 0 Å². The lowest BCUT2D eigenvalue weighted by atomic mass is 10.0. The molecule has 2 heterocycles. The molecule has 4 nitrogen and oxygen atoms in total. The first-order chi connectivity index (χ1) is 8.86. The van der Waals surface area contributed by atoms with Crippen LogP contribution in [0.3, 0.4) is 0 Å². The quantitative estimate of drug-likeness (QED) is 0.646. The third kappa shape index (κ3) is 1.78. The minimum atomic E-state index is 0.553. The number of nitrogens with zero attached hydrogens (tertiary/aromatic N) is 4. The van der Waals surface area contributed by atoms with E-state index in [4.69, 9.17) is 5.26 Å². The van der Waals surface area contributed by atoms with E-state index in [-0.39, 0.29) is 0 Å². The number of benzene rings is 1. The summed E-state index contributed by atoms with van der Waals surface area (Å²) < 4.78 is 0. The smallest absolute Gasteiger partial charge is 0.116 e. The predicted octanol–water partition coefficient (Wildman–Crippen LogP) is 2.56. The van der Waals surface area contributed by atoms with E-state index in [0.29, 0.717) is 5.56 Å². The van der Waals surface area contributed by atoms with E-state index < -0.39 is 0 Å². The number of hydrogen-bond acceptors (Lipinski definition) is 4. The molecule has 0 saturated heterocycles. The van der Waals surface area contributed by atoms with Gasteiger partial charge >= 0.3 is 0 Å². The summed E-state index contributed by atoms with van der Waals surface area (Å²) in [6.45, 7) is 0. The highest BCUT2D eigenvalue weighted by Crippen LogP contribution is 2.22. The van der Waals surface area contributed by atoms with E-state index in [1.54, 1.807) is 18.6 Å². The Bertz CT molecular complexity index is 759. The number of aromatic nitrogens is 3. The molecule has 1 aromatic carbocycles. The molecule has 0 aliphatic carbocycles. The molecule has 0 fully saturated rings. The molecule has 0 N–H and O–H groups in total. The van der Waals surface area contributed by atoms with Crippen molar-refractivity contribution in [3.63, 3.8) is 0 Å². The van der Waals surface area contributed by atoms with Gasteiger partial charge < -0.3 is 0 Å². The maximum atomic E-state index is 8.87. The second-order valence-electron chi connectivity index (χ2n) is 3.87. The van der Waals surface area contributed by atoms with Gasteiger partial charge in [-0.1, -0.05) is 6.07 Å². The van der Waals surface area contributed by atoms with Crippen LogP contribution in [0.1, 0.15) is 5.56 Å². The molecule has 18 heavy (non-hydrogen) atoms. The number of rotatable bonds is 1. The van der Waals surface area contributed by atoms with Crippen molar-refractivity contribution in [3.8, 4) is 17.2 Å². The van der Waals surface area contributed by atoms with Crippen LogP contribution in [0, 0.1) is 11.3 Å². The van der Waals surface area contributed by atoms with Gasteiger partial charge in [-0.25, -0.2) is 9.97 Å². The molecule has 2 aromatic heterocycles. The van der Waals surface area contributed by atoms with E-state index in [1.807, 2.05) is 24.3 Å². The van der Waals surface area contributed by atoms with Gasteiger partial charge in [0, 0.05) is 29.5 Å². The van der Waals surface area contributed by atoms with Gasteiger partial charge in [0.25, 0.3) is 0 Å². The molecule has 0 unspecified atom stereocenters. The van der Waals surface area contributed by atoms with Crippen LogP contribution in [0.4, 0.5) is 0 Å². The van der Waals surface area contributed by atoms with Crippen LogP contribution in [0.5, 0.6) is 0 Å². The highest BCUT2D eigenvalue weighted by atomic mass is 14.8. The van der Waals surface area contributed by atoms with E-state index in [1.165, 1.54) is 6.33 Å². The van der Waals surface area contributed by atoms with Gasteiger partial charge in [-0.05, 0) is 23.8 Å². The van der Waals surface area contributed by atoms with Crippen molar-refractivity contribution in [2.45, 2.75) is 0 Å². The van der Waals surface area contributed by atoms with Gasteiger partial charge in [0.15, 0.2) is 0 Å². The van der Waals surface area contributed by atoms with Crippen molar-refractivity contribution in [3.05, 3.63) is 54.7 Å². The fourth-order valence-electron chi connectivity index (χ4n) is 1.82. The van der Waals surface area contributed by atoms with Gasteiger partial charge in [0.05, 0.1) is 11.1 Å². The van der Waals surface area contributed by atoms with E-state index in [9.17, 15) is 0 Å². The Hall–Kier alpha value is -2.80. The Kier molecular flexibility index (Phi) is 2.43. The average molecular weight is 232 g/mol. The van der Waals surface area contributed by atoms with Crippen LogP contribution < -0.4 is 0 Å². The molecule has 84 valence electrons. The van der Waals surface area contributed by atoms with Gasteiger partial charge in [-0.2, -0.15) is 5.26 Å². The van der Waals surface area contributed by atoms with Crippen molar-refractivity contribution in [1.29, 1.82) is 5.26 Å². The molecule has 0 spiro atoms. The second kappa shape index (κ2) is 4.22. The summed E-state index contributed by atoms with van der Waals surface area (Å²) in [5.74, 6) is 0. The highest BCUT2D eigenvalue weighted by molar-refractivity contribution is 5.83. The molecule has 0 aliphatic rings. The maximum absolute atomic E-state index is 8.87. The Labute approximate surface area is 104 Å².